The smallest absolute Gasteiger partial charge is 0.227 e. The lowest BCUT2D eigenvalue weighted by Crippen LogP contribution is -2.45. The number of carbonyl (C=O) groups is 2. The van der Waals surface area contributed by atoms with E-state index in [1.54, 1.807) is 24.5 Å². The molecule has 164 valence electrons. The van der Waals surface area contributed by atoms with Crippen LogP contribution in [0.5, 0.6) is 0 Å². The van der Waals surface area contributed by atoms with Crippen molar-refractivity contribution in [2.45, 2.75) is 56.9 Å². The van der Waals surface area contributed by atoms with Crippen LogP contribution in [0, 0.1) is 11.8 Å². The number of nitrogens with one attached hydrogen (secondary N) is 2. The SMILES string of the molecule is NC(CNC(=O)C1CCCc2ccccc21)C1CCC(C(=O)Nc2ccncc2)CC1. The van der Waals surface area contributed by atoms with Crippen LogP contribution in [0.15, 0.2) is 48.8 Å². The van der Waals surface area contributed by atoms with Crippen molar-refractivity contribution in [3.8, 4) is 0 Å². The van der Waals surface area contributed by atoms with E-state index in [2.05, 4.69) is 27.8 Å². The Kier molecular flexibility index (Phi) is 6.97. The highest BCUT2D eigenvalue weighted by Crippen LogP contribution is 2.33. The lowest BCUT2D eigenvalue weighted by Gasteiger charge is -2.32. The Morgan fingerprint density at radius 1 is 1.00 bits per heavy atom. The number of nitrogens with zero attached hydrogens (tertiary/aromatic N) is 1. The van der Waals surface area contributed by atoms with Gasteiger partial charge in [0.15, 0.2) is 0 Å². The van der Waals surface area contributed by atoms with E-state index in [4.69, 9.17) is 5.73 Å². The number of fused-ring (bicyclic) bond motifs is 1. The van der Waals surface area contributed by atoms with Crippen LogP contribution in [0.4, 0.5) is 5.69 Å². The highest BCUT2D eigenvalue weighted by molar-refractivity contribution is 5.92. The zero-order chi connectivity index (χ0) is 21.6. The second-order valence-electron chi connectivity index (χ2n) is 8.89. The van der Waals surface area contributed by atoms with Crippen LogP contribution in [0.3, 0.4) is 0 Å². The number of amides is 2. The lowest BCUT2D eigenvalue weighted by atomic mass is 9.78. The third kappa shape index (κ3) is 5.31. The Morgan fingerprint density at radius 2 is 1.74 bits per heavy atom. The zero-order valence-corrected chi connectivity index (χ0v) is 17.9. The Balaban J connectivity index is 1.23. The third-order valence-corrected chi connectivity index (χ3v) is 6.89. The minimum Gasteiger partial charge on any atom is -0.354 e. The number of rotatable bonds is 6. The van der Waals surface area contributed by atoms with E-state index in [0.717, 1.165) is 50.6 Å². The van der Waals surface area contributed by atoms with Gasteiger partial charge in [0.1, 0.15) is 0 Å². The number of pyridine rings is 1. The highest BCUT2D eigenvalue weighted by Gasteiger charge is 2.31. The quantitative estimate of drug-likeness (QED) is 0.667. The summed E-state index contributed by atoms with van der Waals surface area (Å²) in [4.78, 5) is 29.3. The molecule has 0 aliphatic heterocycles. The standard InChI is InChI=1S/C25H32N4O2/c26-23(16-28-25(31)22-7-3-5-17-4-1-2-6-21(17)22)18-8-10-19(11-9-18)24(30)29-20-12-14-27-15-13-20/h1-2,4,6,12-15,18-19,22-23H,3,5,7-11,16,26H2,(H,28,31)(H,27,29,30). The lowest BCUT2D eigenvalue weighted by molar-refractivity contribution is -0.123. The predicted molar refractivity (Wildman–Crippen MR) is 121 cm³/mol. The van der Waals surface area contributed by atoms with Gasteiger partial charge >= 0.3 is 0 Å². The monoisotopic (exact) mass is 420 g/mol. The first kappa shape index (κ1) is 21.5. The molecule has 2 unspecified atom stereocenters. The number of benzene rings is 1. The van der Waals surface area contributed by atoms with Crippen molar-refractivity contribution in [3.05, 3.63) is 59.9 Å². The number of carbonyl (C=O) groups excluding carboxylic acids is 2. The number of hydrogen-bond acceptors (Lipinski definition) is 4. The van der Waals surface area contributed by atoms with Crippen molar-refractivity contribution in [1.82, 2.24) is 10.3 Å². The summed E-state index contributed by atoms with van der Waals surface area (Å²) >= 11 is 0. The van der Waals surface area contributed by atoms with E-state index in [-0.39, 0.29) is 29.7 Å². The van der Waals surface area contributed by atoms with Crippen molar-refractivity contribution < 1.29 is 9.59 Å². The predicted octanol–water partition coefficient (Wildman–Crippen LogP) is 3.39. The molecule has 1 saturated carbocycles. The minimum absolute atomic E-state index is 0.0185. The Morgan fingerprint density at radius 3 is 2.52 bits per heavy atom. The van der Waals surface area contributed by atoms with Crippen molar-refractivity contribution >= 4 is 17.5 Å². The highest BCUT2D eigenvalue weighted by atomic mass is 16.2. The van der Waals surface area contributed by atoms with Gasteiger partial charge in [0.05, 0.1) is 5.92 Å². The van der Waals surface area contributed by atoms with E-state index in [1.165, 1.54) is 11.1 Å². The van der Waals surface area contributed by atoms with Gasteiger partial charge in [0, 0.05) is 36.6 Å². The second-order valence-corrected chi connectivity index (χ2v) is 8.89. The fraction of sp³-hybridized carbons (Fsp3) is 0.480. The fourth-order valence-corrected chi connectivity index (χ4v) is 5.02. The van der Waals surface area contributed by atoms with E-state index in [9.17, 15) is 9.59 Å². The van der Waals surface area contributed by atoms with Gasteiger partial charge in [-0.15, -0.1) is 0 Å². The molecule has 1 fully saturated rings. The topological polar surface area (TPSA) is 97.1 Å². The van der Waals surface area contributed by atoms with Crippen LogP contribution in [0.2, 0.25) is 0 Å². The van der Waals surface area contributed by atoms with Gasteiger partial charge in [0.2, 0.25) is 11.8 Å². The van der Waals surface area contributed by atoms with Gasteiger partial charge in [-0.05, 0) is 74.1 Å². The van der Waals surface area contributed by atoms with Crippen molar-refractivity contribution in [2.75, 3.05) is 11.9 Å². The average molecular weight is 421 g/mol. The summed E-state index contributed by atoms with van der Waals surface area (Å²) in [5, 5.41) is 6.08. The first-order valence-corrected chi connectivity index (χ1v) is 11.4. The van der Waals surface area contributed by atoms with Crippen LogP contribution < -0.4 is 16.4 Å². The molecule has 0 spiro atoms. The van der Waals surface area contributed by atoms with Crippen LogP contribution in [0.1, 0.15) is 55.6 Å². The molecule has 4 N–H and O–H groups in total. The molecule has 0 saturated heterocycles. The van der Waals surface area contributed by atoms with Crippen LogP contribution in [-0.4, -0.2) is 29.4 Å². The molecule has 6 heteroatoms. The second kappa shape index (κ2) is 10.1. The van der Waals surface area contributed by atoms with Crippen molar-refractivity contribution in [2.24, 2.45) is 17.6 Å². The summed E-state index contributed by atoms with van der Waals surface area (Å²) in [5.74, 6) is 0.453. The summed E-state index contributed by atoms with van der Waals surface area (Å²) in [5.41, 5.74) is 9.69. The molecule has 2 aliphatic rings. The molecule has 31 heavy (non-hydrogen) atoms. The molecule has 0 radical (unpaired) electrons. The summed E-state index contributed by atoms with van der Waals surface area (Å²) in [6, 6.07) is 11.8. The maximum atomic E-state index is 12.8. The Labute approximate surface area is 184 Å². The van der Waals surface area contributed by atoms with E-state index in [1.807, 2.05) is 12.1 Å². The molecular formula is C25H32N4O2. The Hall–Kier alpha value is -2.73. The molecular weight excluding hydrogens is 388 g/mol. The van der Waals surface area contributed by atoms with Crippen LogP contribution in [0.25, 0.3) is 0 Å². The maximum Gasteiger partial charge on any atom is 0.227 e. The van der Waals surface area contributed by atoms with E-state index in [0.29, 0.717) is 12.5 Å². The maximum absolute atomic E-state index is 12.8. The van der Waals surface area contributed by atoms with Gasteiger partial charge in [0.25, 0.3) is 0 Å². The Bertz CT molecular complexity index is 893. The van der Waals surface area contributed by atoms with Gasteiger partial charge < -0.3 is 16.4 Å². The molecule has 4 rings (SSSR count). The van der Waals surface area contributed by atoms with Gasteiger partial charge in [-0.3, -0.25) is 14.6 Å². The number of aromatic nitrogens is 1. The first-order valence-electron chi connectivity index (χ1n) is 11.4. The molecule has 2 aliphatic carbocycles. The summed E-state index contributed by atoms with van der Waals surface area (Å²) in [6.45, 7) is 0.496. The number of anilines is 1. The summed E-state index contributed by atoms with van der Waals surface area (Å²) < 4.78 is 0. The number of aryl methyl sites for hydroxylation is 1. The third-order valence-electron chi connectivity index (χ3n) is 6.89. The molecule has 2 amide bonds. The fourth-order valence-electron chi connectivity index (χ4n) is 5.02. The van der Waals surface area contributed by atoms with E-state index < -0.39 is 0 Å². The average Bonchev–Trinajstić information content (AvgIpc) is 2.82. The molecule has 6 nitrogen and oxygen atoms in total. The van der Waals surface area contributed by atoms with Gasteiger partial charge in [-0.2, -0.15) is 0 Å². The molecule has 0 bridgehead atoms. The van der Waals surface area contributed by atoms with Crippen LogP contribution >= 0.6 is 0 Å². The molecule has 1 heterocycles. The zero-order valence-electron chi connectivity index (χ0n) is 17.9. The molecule has 2 atom stereocenters. The van der Waals surface area contributed by atoms with Crippen molar-refractivity contribution in [1.29, 1.82) is 0 Å². The van der Waals surface area contributed by atoms with Gasteiger partial charge in [-0.25, -0.2) is 0 Å². The van der Waals surface area contributed by atoms with Crippen LogP contribution in [-0.2, 0) is 16.0 Å². The minimum atomic E-state index is -0.0769. The largest absolute Gasteiger partial charge is 0.354 e. The van der Waals surface area contributed by atoms with Crippen molar-refractivity contribution in [3.63, 3.8) is 0 Å². The normalized spacial score (nSPS) is 24.0. The molecule has 1 aromatic heterocycles. The summed E-state index contributed by atoms with van der Waals surface area (Å²) in [6.07, 6.45) is 9.84. The molecule has 2 aromatic rings. The molecule has 1 aromatic carbocycles. The number of hydrogen-bond donors (Lipinski definition) is 3. The number of nitrogens with two attached hydrogens (primary N) is 1. The summed E-state index contributed by atoms with van der Waals surface area (Å²) in [7, 11) is 0. The first-order chi connectivity index (χ1) is 15.1. The van der Waals surface area contributed by atoms with Gasteiger partial charge in [-0.1, -0.05) is 24.3 Å². The van der Waals surface area contributed by atoms with E-state index >= 15 is 0 Å².